The number of carboxylic acid groups (broad SMARTS) is 1. The molecule has 0 radical (unpaired) electrons. The molecule has 0 saturated heterocycles. The van der Waals surface area contributed by atoms with Crippen molar-refractivity contribution in [3.63, 3.8) is 0 Å². The highest BCUT2D eigenvalue weighted by Gasteiger charge is 2.32. The van der Waals surface area contributed by atoms with Crippen molar-refractivity contribution in [1.29, 1.82) is 0 Å². The molecule has 2 aromatic carbocycles. The molecular formula is C33H40F6O4. The molecule has 0 fully saturated rings. The standard InChI is InChI=1S/C17H21F3O2.C16H19F3O2/c1-4-6-12-10-14(17(18,19)20)11-13(7-5-2)15(12)8-9-16(21)22-3;1-3-5-11-9-13(16(17,18)19)10-12(6-4-2)14(11)7-8-15(20)21/h8-11H,4-7H2,1-3H3;7-10H,3-6H2,1-2H3,(H,20,21). The number of rotatable bonds is 12. The van der Waals surface area contributed by atoms with E-state index in [4.69, 9.17) is 5.11 Å². The first kappa shape index (κ1) is 37.5. The van der Waals surface area contributed by atoms with Gasteiger partial charge in [0.25, 0.3) is 0 Å². The lowest BCUT2D eigenvalue weighted by molar-refractivity contribution is -0.138. The summed E-state index contributed by atoms with van der Waals surface area (Å²) in [4.78, 5) is 21.9. The van der Waals surface area contributed by atoms with Crippen LogP contribution in [-0.4, -0.2) is 24.2 Å². The number of esters is 1. The molecule has 0 amide bonds. The molecule has 0 bridgehead atoms. The fourth-order valence-electron chi connectivity index (χ4n) is 4.59. The van der Waals surface area contributed by atoms with Crippen LogP contribution in [0.5, 0.6) is 0 Å². The van der Waals surface area contributed by atoms with E-state index in [2.05, 4.69) is 4.74 Å². The van der Waals surface area contributed by atoms with Gasteiger partial charge in [-0.3, -0.25) is 0 Å². The lowest BCUT2D eigenvalue weighted by Crippen LogP contribution is -2.09. The van der Waals surface area contributed by atoms with Gasteiger partial charge in [-0.25, -0.2) is 9.59 Å². The first-order valence-electron chi connectivity index (χ1n) is 14.3. The number of aliphatic carboxylic acids is 1. The van der Waals surface area contributed by atoms with Gasteiger partial charge >= 0.3 is 24.3 Å². The van der Waals surface area contributed by atoms with Crippen molar-refractivity contribution in [2.75, 3.05) is 7.11 Å². The van der Waals surface area contributed by atoms with E-state index < -0.39 is 35.4 Å². The number of halogens is 6. The number of methoxy groups -OCH3 is 1. The van der Waals surface area contributed by atoms with Crippen LogP contribution in [0.3, 0.4) is 0 Å². The predicted octanol–water partition coefficient (Wildman–Crippen LogP) is 9.50. The maximum absolute atomic E-state index is 13.0. The average Bonchev–Trinajstić information content (AvgIpc) is 2.91. The summed E-state index contributed by atoms with van der Waals surface area (Å²) in [5.41, 5.74) is 2.33. The number of carbonyl (C=O) groups excluding carboxylic acids is 1. The van der Waals surface area contributed by atoms with Crippen LogP contribution < -0.4 is 0 Å². The van der Waals surface area contributed by atoms with E-state index in [1.807, 2.05) is 27.7 Å². The molecule has 0 spiro atoms. The lowest BCUT2D eigenvalue weighted by atomic mass is 9.92. The zero-order chi connectivity index (χ0) is 32.8. The average molecular weight is 615 g/mol. The summed E-state index contributed by atoms with van der Waals surface area (Å²) in [5.74, 6) is -1.63. The van der Waals surface area contributed by atoms with Crippen molar-refractivity contribution >= 4 is 24.1 Å². The summed E-state index contributed by atoms with van der Waals surface area (Å²) in [6, 6.07) is 4.62. The predicted molar refractivity (Wildman–Crippen MR) is 157 cm³/mol. The van der Waals surface area contributed by atoms with Gasteiger partial charge in [0.1, 0.15) is 0 Å². The van der Waals surface area contributed by atoms with Gasteiger partial charge in [0.15, 0.2) is 0 Å². The van der Waals surface area contributed by atoms with Crippen molar-refractivity contribution in [3.8, 4) is 0 Å². The Hall–Kier alpha value is -3.56. The van der Waals surface area contributed by atoms with Gasteiger partial charge < -0.3 is 9.84 Å². The third kappa shape index (κ3) is 12.3. The highest BCUT2D eigenvalue weighted by molar-refractivity contribution is 5.87. The van der Waals surface area contributed by atoms with E-state index in [0.29, 0.717) is 71.9 Å². The van der Waals surface area contributed by atoms with E-state index in [-0.39, 0.29) is 0 Å². The van der Waals surface area contributed by atoms with E-state index >= 15 is 0 Å². The van der Waals surface area contributed by atoms with Crippen LogP contribution in [0.2, 0.25) is 0 Å². The number of alkyl halides is 6. The Bertz CT molecular complexity index is 1220. The van der Waals surface area contributed by atoms with Gasteiger partial charge in [0, 0.05) is 12.2 Å². The topological polar surface area (TPSA) is 63.6 Å². The van der Waals surface area contributed by atoms with Crippen LogP contribution in [0.15, 0.2) is 36.4 Å². The summed E-state index contributed by atoms with van der Waals surface area (Å²) >= 11 is 0. The number of hydrogen-bond donors (Lipinski definition) is 1. The van der Waals surface area contributed by atoms with Gasteiger partial charge in [-0.2, -0.15) is 26.3 Å². The van der Waals surface area contributed by atoms with Crippen LogP contribution in [0.1, 0.15) is 97.9 Å². The fourth-order valence-corrected chi connectivity index (χ4v) is 4.59. The molecule has 0 unspecified atom stereocenters. The van der Waals surface area contributed by atoms with E-state index in [1.54, 1.807) is 6.08 Å². The van der Waals surface area contributed by atoms with E-state index in [1.165, 1.54) is 31.4 Å². The minimum absolute atomic E-state index is 0.486. The molecular weight excluding hydrogens is 574 g/mol. The smallest absolute Gasteiger partial charge is 0.416 e. The third-order valence-corrected chi connectivity index (χ3v) is 6.41. The molecule has 2 rings (SSSR count). The number of aryl methyl sites for hydroxylation is 4. The van der Waals surface area contributed by atoms with Crippen LogP contribution in [0.4, 0.5) is 26.3 Å². The fraction of sp³-hybridized carbons (Fsp3) is 0.455. The second-order valence-electron chi connectivity index (χ2n) is 9.94. The summed E-state index contributed by atoms with van der Waals surface area (Å²) in [6.07, 6.45) is 1.31. The van der Waals surface area contributed by atoms with E-state index in [0.717, 1.165) is 31.1 Å². The van der Waals surface area contributed by atoms with Crippen molar-refractivity contribution in [3.05, 3.63) is 80.9 Å². The molecule has 238 valence electrons. The zero-order valence-corrected chi connectivity index (χ0v) is 25.2. The Kier molecular flexibility index (Phi) is 15.3. The minimum Gasteiger partial charge on any atom is -0.478 e. The van der Waals surface area contributed by atoms with Crippen LogP contribution in [0.25, 0.3) is 12.2 Å². The first-order chi connectivity index (χ1) is 20.1. The second kappa shape index (κ2) is 17.5. The Morgan fingerprint density at radius 1 is 0.651 bits per heavy atom. The van der Waals surface area contributed by atoms with Crippen LogP contribution in [-0.2, 0) is 52.4 Å². The van der Waals surface area contributed by atoms with E-state index in [9.17, 15) is 35.9 Å². The highest BCUT2D eigenvalue weighted by Crippen LogP contribution is 2.35. The first-order valence-corrected chi connectivity index (χ1v) is 14.3. The van der Waals surface area contributed by atoms with Crippen LogP contribution >= 0.6 is 0 Å². The van der Waals surface area contributed by atoms with Gasteiger partial charge in [0.05, 0.1) is 18.2 Å². The monoisotopic (exact) mass is 614 g/mol. The molecule has 10 heteroatoms. The van der Waals surface area contributed by atoms with Gasteiger partial charge in [0.2, 0.25) is 0 Å². The molecule has 0 aliphatic carbocycles. The summed E-state index contributed by atoms with van der Waals surface area (Å²) in [5, 5.41) is 8.73. The second-order valence-corrected chi connectivity index (χ2v) is 9.94. The molecule has 4 nitrogen and oxygen atoms in total. The molecule has 0 saturated carbocycles. The Morgan fingerprint density at radius 3 is 1.19 bits per heavy atom. The molecule has 2 aromatic rings. The molecule has 0 atom stereocenters. The number of hydrogen-bond acceptors (Lipinski definition) is 3. The van der Waals surface area contributed by atoms with Crippen molar-refractivity contribution in [2.24, 2.45) is 0 Å². The molecule has 0 aliphatic heterocycles. The van der Waals surface area contributed by atoms with Crippen LogP contribution in [0, 0.1) is 0 Å². The maximum atomic E-state index is 13.0. The van der Waals surface area contributed by atoms with Crippen molar-refractivity contribution < 1.29 is 45.8 Å². The van der Waals surface area contributed by atoms with Gasteiger partial charge in [-0.15, -0.1) is 0 Å². The van der Waals surface area contributed by atoms with Crippen molar-refractivity contribution in [1.82, 2.24) is 0 Å². The zero-order valence-electron chi connectivity index (χ0n) is 25.2. The van der Waals surface area contributed by atoms with Gasteiger partial charge in [-0.05, 0) is 95.5 Å². The van der Waals surface area contributed by atoms with Gasteiger partial charge in [-0.1, -0.05) is 53.4 Å². The number of benzene rings is 2. The Morgan fingerprint density at radius 2 is 0.953 bits per heavy atom. The summed E-state index contributed by atoms with van der Waals surface area (Å²) in [7, 11) is 1.26. The normalized spacial score (nSPS) is 12.0. The number of carbonyl (C=O) groups is 2. The lowest BCUT2D eigenvalue weighted by Gasteiger charge is -2.16. The quantitative estimate of drug-likeness (QED) is 0.147. The SMILES string of the molecule is CCCc1cc(C(F)(F)F)cc(CCC)c1C=CC(=O)O.CCCc1cc(C(F)(F)F)cc(CCC)c1C=CC(=O)OC. The molecule has 1 N–H and O–H groups in total. The molecule has 43 heavy (non-hydrogen) atoms. The largest absolute Gasteiger partial charge is 0.478 e. The Labute approximate surface area is 249 Å². The highest BCUT2D eigenvalue weighted by atomic mass is 19.4. The summed E-state index contributed by atoms with van der Waals surface area (Å²) in [6.45, 7) is 7.58. The Balaban J connectivity index is 0.000000430. The number of ether oxygens (including phenoxy) is 1. The summed E-state index contributed by atoms with van der Waals surface area (Å²) < 4.78 is 82.5. The van der Waals surface area contributed by atoms with Crippen molar-refractivity contribution in [2.45, 2.75) is 91.4 Å². The maximum Gasteiger partial charge on any atom is 0.416 e. The molecule has 0 aromatic heterocycles. The molecule has 0 aliphatic rings. The number of carboxylic acids is 1. The molecule has 0 heterocycles. The minimum atomic E-state index is -4.39. The third-order valence-electron chi connectivity index (χ3n) is 6.41.